The van der Waals surface area contributed by atoms with Gasteiger partial charge in [0.05, 0.1) is 7.11 Å². The topological polar surface area (TPSA) is 77.2 Å². The Morgan fingerprint density at radius 1 is 1.15 bits per heavy atom. The fourth-order valence-corrected chi connectivity index (χ4v) is 3.40. The van der Waals surface area contributed by atoms with E-state index < -0.39 is 0 Å². The van der Waals surface area contributed by atoms with Crippen molar-refractivity contribution < 1.29 is 13.9 Å². The lowest BCUT2D eigenvalue weighted by Crippen LogP contribution is -2.12. The number of hydrogen-bond donors (Lipinski definition) is 1. The van der Waals surface area contributed by atoms with Crippen LogP contribution in [0.25, 0.3) is 11.5 Å². The van der Waals surface area contributed by atoms with Crippen LogP contribution in [0.15, 0.2) is 51.8 Å². The maximum atomic E-state index is 12.1. The Morgan fingerprint density at radius 3 is 2.63 bits per heavy atom. The average Bonchev–Trinajstić information content (AvgIpc) is 3.10. The maximum Gasteiger partial charge on any atom is 0.322 e. The number of amides is 1. The Balaban J connectivity index is 1.51. The number of aryl methyl sites for hydroxylation is 2. The standard InChI is InChI=1S/C20H21N3O3S/c1-13-4-9-17(14(2)12-13)19-22-23-20(26-19)21-18(24)10-11-27-16-7-5-15(25-3)6-8-16/h4-9,12H,10-11H2,1-3H3,(H,21,23,24). The molecule has 0 spiro atoms. The summed E-state index contributed by atoms with van der Waals surface area (Å²) in [5.74, 6) is 1.70. The summed E-state index contributed by atoms with van der Waals surface area (Å²) >= 11 is 1.60. The van der Waals surface area contributed by atoms with Crippen LogP contribution in [-0.2, 0) is 4.79 Å². The van der Waals surface area contributed by atoms with Gasteiger partial charge in [0.1, 0.15) is 5.75 Å². The summed E-state index contributed by atoms with van der Waals surface area (Å²) < 4.78 is 10.7. The van der Waals surface area contributed by atoms with Gasteiger partial charge in [-0.15, -0.1) is 16.9 Å². The third kappa shape index (κ3) is 5.10. The van der Waals surface area contributed by atoms with Gasteiger partial charge in [-0.2, -0.15) is 0 Å². The van der Waals surface area contributed by atoms with Crippen LogP contribution in [0, 0.1) is 13.8 Å². The number of carbonyl (C=O) groups excluding carboxylic acids is 1. The molecule has 140 valence electrons. The predicted molar refractivity (Wildman–Crippen MR) is 106 cm³/mol. The van der Waals surface area contributed by atoms with E-state index in [9.17, 15) is 4.79 Å². The first kappa shape index (κ1) is 19.0. The maximum absolute atomic E-state index is 12.1. The van der Waals surface area contributed by atoms with E-state index in [1.54, 1.807) is 18.9 Å². The first-order chi connectivity index (χ1) is 13.0. The molecule has 0 aliphatic rings. The van der Waals surface area contributed by atoms with Crippen LogP contribution in [0.3, 0.4) is 0 Å². The van der Waals surface area contributed by atoms with Gasteiger partial charge in [-0.05, 0) is 49.7 Å². The molecule has 0 saturated carbocycles. The van der Waals surface area contributed by atoms with Crippen molar-refractivity contribution >= 4 is 23.7 Å². The fourth-order valence-electron chi connectivity index (χ4n) is 2.55. The molecular formula is C20H21N3O3S. The van der Waals surface area contributed by atoms with E-state index in [0.29, 0.717) is 18.1 Å². The zero-order valence-corrected chi connectivity index (χ0v) is 16.3. The Morgan fingerprint density at radius 2 is 1.93 bits per heavy atom. The molecular weight excluding hydrogens is 362 g/mol. The first-order valence-electron chi connectivity index (χ1n) is 8.53. The van der Waals surface area contributed by atoms with Gasteiger partial charge in [0.15, 0.2) is 0 Å². The molecule has 2 aromatic carbocycles. The van der Waals surface area contributed by atoms with Gasteiger partial charge in [-0.25, -0.2) is 0 Å². The normalized spacial score (nSPS) is 10.6. The lowest BCUT2D eigenvalue weighted by molar-refractivity contribution is -0.115. The lowest BCUT2D eigenvalue weighted by atomic mass is 10.1. The van der Waals surface area contributed by atoms with Crippen molar-refractivity contribution in [3.05, 3.63) is 53.6 Å². The minimum Gasteiger partial charge on any atom is -0.497 e. The van der Waals surface area contributed by atoms with Crippen molar-refractivity contribution in [1.29, 1.82) is 0 Å². The molecule has 0 unspecified atom stereocenters. The summed E-state index contributed by atoms with van der Waals surface area (Å²) in [6, 6.07) is 13.8. The van der Waals surface area contributed by atoms with Crippen LogP contribution in [0.5, 0.6) is 5.75 Å². The van der Waals surface area contributed by atoms with Crippen molar-refractivity contribution in [3.63, 3.8) is 0 Å². The molecule has 0 aliphatic heterocycles. The SMILES string of the molecule is COc1ccc(SCCC(=O)Nc2nnc(-c3ccc(C)cc3C)o2)cc1. The third-order valence-electron chi connectivity index (χ3n) is 3.94. The van der Waals surface area contributed by atoms with Gasteiger partial charge in [0.2, 0.25) is 11.8 Å². The van der Waals surface area contributed by atoms with Gasteiger partial charge in [0.25, 0.3) is 0 Å². The first-order valence-corrected chi connectivity index (χ1v) is 9.51. The van der Waals surface area contributed by atoms with Crippen molar-refractivity contribution in [2.45, 2.75) is 25.2 Å². The molecule has 3 rings (SSSR count). The number of rotatable bonds is 7. The molecule has 6 nitrogen and oxygen atoms in total. The number of thioether (sulfide) groups is 1. The highest BCUT2D eigenvalue weighted by Gasteiger charge is 2.13. The van der Waals surface area contributed by atoms with Gasteiger partial charge >= 0.3 is 6.01 Å². The number of carbonyl (C=O) groups is 1. The summed E-state index contributed by atoms with van der Waals surface area (Å²) in [4.78, 5) is 13.2. The Labute approximate surface area is 162 Å². The summed E-state index contributed by atoms with van der Waals surface area (Å²) in [5.41, 5.74) is 3.08. The fraction of sp³-hybridized carbons (Fsp3) is 0.250. The molecule has 0 radical (unpaired) electrons. The molecule has 1 amide bonds. The molecule has 1 N–H and O–H groups in total. The summed E-state index contributed by atoms with van der Waals surface area (Å²) in [5, 5.41) is 10.6. The second kappa shape index (κ2) is 8.73. The monoisotopic (exact) mass is 383 g/mol. The van der Waals surface area contributed by atoms with Gasteiger partial charge in [-0.1, -0.05) is 22.8 Å². The van der Waals surface area contributed by atoms with E-state index in [-0.39, 0.29) is 11.9 Å². The van der Waals surface area contributed by atoms with Gasteiger partial charge < -0.3 is 9.15 Å². The average molecular weight is 383 g/mol. The zero-order valence-electron chi connectivity index (χ0n) is 15.5. The van der Waals surface area contributed by atoms with Gasteiger partial charge in [0, 0.05) is 22.6 Å². The highest BCUT2D eigenvalue weighted by atomic mass is 32.2. The smallest absolute Gasteiger partial charge is 0.322 e. The molecule has 1 heterocycles. The highest BCUT2D eigenvalue weighted by molar-refractivity contribution is 7.99. The molecule has 7 heteroatoms. The van der Waals surface area contributed by atoms with E-state index in [2.05, 4.69) is 15.5 Å². The highest BCUT2D eigenvalue weighted by Crippen LogP contribution is 2.25. The molecule has 27 heavy (non-hydrogen) atoms. The molecule has 1 aromatic heterocycles. The Hall–Kier alpha value is -2.80. The second-order valence-electron chi connectivity index (χ2n) is 6.05. The molecule has 0 fully saturated rings. The summed E-state index contributed by atoms with van der Waals surface area (Å²) in [7, 11) is 1.63. The van der Waals surface area contributed by atoms with E-state index in [4.69, 9.17) is 9.15 Å². The predicted octanol–water partition coefficient (Wildman–Crippen LogP) is 4.48. The quantitative estimate of drug-likeness (QED) is 0.606. The number of nitrogens with one attached hydrogen (secondary N) is 1. The Kier molecular flexibility index (Phi) is 6.13. The largest absolute Gasteiger partial charge is 0.497 e. The molecule has 0 saturated heterocycles. The van der Waals surface area contributed by atoms with Gasteiger partial charge in [-0.3, -0.25) is 10.1 Å². The van der Waals surface area contributed by atoms with Crippen LogP contribution < -0.4 is 10.1 Å². The van der Waals surface area contributed by atoms with E-state index in [0.717, 1.165) is 21.8 Å². The summed E-state index contributed by atoms with van der Waals surface area (Å²) in [6.07, 6.45) is 0.345. The zero-order chi connectivity index (χ0) is 19.2. The number of benzene rings is 2. The second-order valence-corrected chi connectivity index (χ2v) is 7.22. The molecule has 3 aromatic rings. The van der Waals surface area contributed by atoms with Crippen molar-refractivity contribution in [1.82, 2.24) is 10.2 Å². The van der Waals surface area contributed by atoms with Crippen LogP contribution in [-0.4, -0.2) is 29.0 Å². The van der Waals surface area contributed by atoms with E-state index >= 15 is 0 Å². The van der Waals surface area contributed by atoms with Crippen LogP contribution in [0.4, 0.5) is 6.01 Å². The molecule has 0 aliphatic carbocycles. The van der Waals surface area contributed by atoms with E-state index in [1.165, 1.54) is 5.56 Å². The number of ether oxygens (including phenoxy) is 1. The van der Waals surface area contributed by atoms with Crippen LogP contribution >= 0.6 is 11.8 Å². The number of aromatic nitrogens is 2. The van der Waals surface area contributed by atoms with Crippen molar-refractivity contribution in [2.24, 2.45) is 0 Å². The third-order valence-corrected chi connectivity index (χ3v) is 4.95. The number of nitrogens with zero attached hydrogens (tertiary/aromatic N) is 2. The van der Waals surface area contributed by atoms with Crippen molar-refractivity contribution in [3.8, 4) is 17.2 Å². The van der Waals surface area contributed by atoms with Crippen LogP contribution in [0.1, 0.15) is 17.5 Å². The number of methoxy groups -OCH3 is 1. The van der Waals surface area contributed by atoms with Crippen LogP contribution in [0.2, 0.25) is 0 Å². The lowest BCUT2D eigenvalue weighted by Gasteiger charge is -2.04. The molecule has 0 atom stereocenters. The van der Waals surface area contributed by atoms with Crippen molar-refractivity contribution in [2.75, 3.05) is 18.2 Å². The van der Waals surface area contributed by atoms with E-state index in [1.807, 2.05) is 56.3 Å². The summed E-state index contributed by atoms with van der Waals surface area (Å²) in [6.45, 7) is 4.02. The minimum absolute atomic E-state index is 0.115. The number of hydrogen-bond acceptors (Lipinski definition) is 6. The minimum atomic E-state index is -0.160. The number of anilines is 1. The molecule has 0 bridgehead atoms. The Bertz CT molecular complexity index is 922.